The van der Waals surface area contributed by atoms with Crippen LogP contribution in [0.3, 0.4) is 0 Å². The second-order valence-electron chi connectivity index (χ2n) is 4.37. The number of aromatic amines is 1. The first kappa shape index (κ1) is 12.9. The maximum absolute atomic E-state index is 4.49. The summed E-state index contributed by atoms with van der Waals surface area (Å²) in [5.74, 6) is 1.43. The number of thiophene rings is 1. The van der Waals surface area contributed by atoms with Gasteiger partial charge in [0.2, 0.25) is 5.95 Å². The lowest BCUT2D eigenvalue weighted by Gasteiger charge is -2.08. The van der Waals surface area contributed by atoms with Crippen LogP contribution in [0.2, 0.25) is 0 Å². The average molecular weight is 288 g/mol. The summed E-state index contributed by atoms with van der Waals surface area (Å²) >= 11 is 1.72. The Bertz CT molecular complexity index is 675. The molecule has 0 amide bonds. The number of hydrogen-bond donors (Lipinski definition) is 3. The van der Waals surface area contributed by atoms with Gasteiger partial charge in [-0.25, -0.2) is 0 Å². The topological polar surface area (TPSA) is 78.5 Å². The SMILES string of the molecule is CCNc1nc(NCCc2ccsc2)c2cn[nH]c2n1. The Morgan fingerprint density at radius 1 is 1.30 bits per heavy atom. The van der Waals surface area contributed by atoms with Crippen molar-refractivity contribution in [2.45, 2.75) is 13.3 Å². The van der Waals surface area contributed by atoms with Crippen molar-refractivity contribution in [3.05, 3.63) is 28.6 Å². The van der Waals surface area contributed by atoms with Gasteiger partial charge in [0.1, 0.15) is 5.82 Å². The molecule has 3 N–H and O–H groups in total. The van der Waals surface area contributed by atoms with E-state index < -0.39 is 0 Å². The third kappa shape index (κ3) is 2.72. The van der Waals surface area contributed by atoms with E-state index in [1.54, 1.807) is 17.5 Å². The highest BCUT2D eigenvalue weighted by Crippen LogP contribution is 2.20. The summed E-state index contributed by atoms with van der Waals surface area (Å²) in [5.41, 5.74) is 2.08. The summed E-state index contributed by atoms with van der Waals surface area (Å²) in [7, 11) is 0. The number of aromatic nitrogens is 4. The Morgan fingerprint density at radius 3 is 3.05 bits per heavy atom. The van der Waals surface area contributed by atoms with Gasteiger partial charge in [0, 0.05) is 13.1 Å². The van der Waals surface area contributed by atoms with Gasteiger partial charge in [-0.15, -0.1) is 0 Å². The normalized spacial score (nSPS) is 10.8. The molecule has 0 atom stereocenters. The highest BCUT2D eigenvalue weighted by Gasteiger charge is 2.08. The third-order valence-corrected chi connectivity index (χ3v) is 3.66. The Hall–Kier alpha value is -2.15. The summed E-state index contributed by atoms with van der Waals surface area (Å²) < 4.78 is 0. The lowest BCUT2D eigenvalue weighted by atomic mass is 10.2. The zero-order valence-corrected chi connectivity index (χ0v) is 12.0. The van der Waals surface area contributed by atoms with Crippen molar-refractivity contribution in [1.82, 2.24) is 20.2 Å². The monoisotopic (exact) mass is 288 g/mol. The van der Waals surface area contributed by atoms with Crippen molar-refractivity contribution < 1.29 is 0 Å². The molecule has 3 aromatic heterocycles. The van der Waals surface area contributed by atoms with Crippen LogP contribution in [-0.4, -0.2) is 33.3 Å². The molecule has 0 radical (unpaired) electrons. The first-order valence-electron chi connectivity index (χ1n) is 6.56. The van der Waals surface area contributed by atoms with Gasteiger partial charge in [0.05, 0.1) is 11.6 Å². The lowest BCUT2D eigenvalue weighted by Crippen LogP contribution is -2.09. The predicted molar refractivity (Wildman–Crippen MR) is 82.4 cm³/mol. The minimum absolute atomic E-state index is 0.613. The van der Waals surface area contributed by atoms with Crippen LogP contribution < -0.4 is 10.6 Å². The van der Waals surface area contributed by atoms with Gasteiger partial charge in [-0.2, -0.15) is 26.4 Å². The number of fused-ring (bicyclic) bond motifs is 1. The van der Waals surface area contributed by atoms with E-state index in [2.05, 4.69) is 47.6 Å². The highest BCUT2D eigenvalue weighted by atomic mass is 32.1. The molecule has 0 bridgehead atoms. The predicted octanol–water partition coefficient (Wildman–Crippen LogP) is 2.50. The first-order chi connectivity index (χ1) is 9.86. The first-order valence-corrected chi connectivity index (χ1v) is 7.51. The van der Waals surface area contributed by atoms with Crippen LogP contribution >= 0.6 is 11.3 Å². The van der Waals surface area contributed by atoms with Gasteiger partial charge in [-0.05, 0) is 35.7 Å². The highest BCUT2D eigenvalue weighted by molar-refractivity contribution is 7.07. The van der Waals surface area contributed by atoms with Gasteiger partial charge in [0.15, 0.2) is 5.65 Å². The molecule has 0 unspecified atom stereocenters. The number of nitrogens with one attached hydrogen (secondary N) is 3. The Kier molecular flexibility index (Phi) is 3.78. The minimum atomic E-state index is 0.613. The van der Waals surface area contributed by atoms with Crippen LogP contribution in [0.1, 0.15) is 12.5 Å². The summed E-state index contributed by atoms with van der Waals surface area (Å²) in [6.45, 7) is 3.64. The van der Waals surface area contributed by atoms with Gasteiger partial charge in [-0.1, -0.05) is 0 Å². The van der Waals surface area contributed by atoms with Crippen LogP contribution in [0.15, 0.2) is 23.0 Å². The second-order valence-corrected chi connectivity index (χ2v) is 5.15. The number of rotatable bonds is 6. The van der Waals surface area contributed by atoms with E-state index in [9.17, 15) is 0 Å². The molecule has 3 heterocycles. The Labute approximate surface area is 120 Å². The van der Waals surface area contributed by atoms with Gasteiger partial charge >= 0.3 is 0 Å². The van der Waals surface area contributed by atoms with Crippen molar-refractivity contribution >= 4 is 34.1 Å². The molecule has 0 saturated heterocycles. The largest absolute Gasteiger partial charge is 0.369 e. The zero-order chi connectivity index (χ0) is 13.8. The maximum Gasteiger partial charge on any atom is 0.226 e. The molecular formula is C13H16N6S. The van der Waals surface area contributed by atoms with E-state index in [1.165, 1.54) is 5.56 Å². The van der Waals surface area contributed by atoms with Crippen LogP contribution in [0.4, 0.5) is 11.8 Å². The molecule has 0 fully saturated rings. The summed E-state index contributed by atoms with van der Waals surface area (Å²) in [5, 5.41) is 18.6. The van der Waals surface area contributed by atoms with Crippen LogP contribution in [0, 0.1) is 0 Å². The molecule has 0 aliphatic carbocycles. The van der Waals surface area contributed by atoms with Crippen LogP contribution in [0.25, 0.3) is 11.0 Å². The van der Waals surface area contributed by atoms with E-state index in [0.717, 1.165) is 36.4 Å². The molecule has 6 nitrogen and oxygen atoms in total. The molecule has 3 rings (SSSR count). The van der Waals surface area contributed by atoms with E-state index in [1.807, 2.05) is 6.92 Å². The minimum Gasteiger partial charge on any atom is -0.369 e. The maximum atomic E-state index is 4.49. The molecule has 0 saturated carbocycles. The fourth-order valence-corrected chi connectivity index (χ4v) is 2.67. The molecule has 0 aromatic carbocycles. The number of H-pyrrole nitrogens is 1. The third-order valence-electron chi connectivity index (χ3n) is 2.93. The molecule has 104 valence electrons. The fourth-order valence-electron chi connectivity index (χ4n) is 1.97. The molecular weight excluding hydrogens is 272 g/mol. The van der Waals surface area contributed by atoms with E-state index in [4.69, 9.17) is 0 Å². The molecule has 0 spiro atoms. The Balaban J connectivity index is 1.76. The van der Waals surface area contributed by atoms with Gasteiger partial charge in [0.25, 0.3) is 0 Å². The van der Waals surface area contributed by atoms with Gasteiger partial charge in [-0.3, -0.25) is 5.10 Å². The van der Waals surface area contributed by atoms with Crippen molar-refractivity contribution in [1.29, 1.82) is 0 Å². The standard InChI is InChI=1S/C13H16N6S/c1-2-14-13-17-11(10-7-16-19-12(10)18-13)15-5-3-9-4-6-20-8-9/h4,6-8H,2-3,5H2,1H3,(H3,14,15,16,17,18,19). The number of hydrogen-bond acceptors (Lipinski definition) is 6. The fraction of sp³-hybridized carbons (Fsp3) is 0.308. The van der Waals surface area contributed by atoms with Crippen molar-refractivity contribution in [3.8, 4) is 0 Å². The molecule has 0 aliphatic heterocycles. The molecule has 3 aromatic rings. The quantitative estimate of drug-likeness (QED) is 0.649. The van der Waals surface area contributed by atoms with Gasteiger partial charge < -0.3 is 10.6 Å². The zero-order valence-electron chi connectivity index (χ0n) is 11.2. The molecule has 0 aliphatic rings. The lowest BCUT2D eigenvalue weighted by molar-refractivity contribution is 1.01. The second kappa shape index (κ2) is 5.87. The summed E-state index contributed by atoms with van der Waals surface area (Å²) in [6.07, 6.45) is 2.72. The van der Waals surface area contributed by atoms with E-state index in [-0.39, 0.29) is 0 Å². The Morgan fingerprint density at radius 2 is 2.25 bits per heavy atom. The number of nitrogens with zero attached hydrogens (tertiary/aromatic N) is 3. The van der Waals surface area contributed by atoms with Crippen molar-refractivity contribution in [3.63, 3.8) is 0 Å². The molecule has 20 heavy (non-hydrogen) atoms. The van der Waals surface area contributed by atoms with Crippen LogP contribution in [-0.2, 0) is 6.42 Å². The van der Waals surface area contributed by atoms with Crippen molar-refractivity contribution in [2.75, 3.05) is 23.7 Å². The smallest absolute Gasteiger partial charge is 0.226 e. The summed E-state index contributed by atoms with van der Waals surface area (Å²) in [6, 6.07) is 2.14. The summed E-state index contributed by atoms with van der Waals surface area (Å²) in [4.78, 5) is 8.86. The van der Waals surface area contributed by atoms with Crippen molar-refractivity contribution in [2.24, 2.45) is 0 Å². The average Bonchev–Trinajstić information content (AvgIpc) is 3.09. The van der Waals surface area contributed by atoms with Crippen LogP contribution in [0.5, 0.6) is 0 Å². The van der Waals surface area contributed by atoms with E-state index >= 15 is 0 Å². The molecule has 7 heteroatoms. The number of anilines is 2. The van der Waals surface area contributed by atoms with E-state index in [0.29, 0.717) is 5.95 Å².